The second-order valence-electron chi connectivity index (χ2n) is 9.78. The Morgan fingerprint density at radius 2 is 1.90 bits per heavy atom. The van der Waals surface area contributed by atoms with Gasteiger partial charge in [0.15, 0.2) is 5.69 Å². The van der Waals surface area contributed by atoms with Gasteiger partial charge in [-0.25, -0.2) is 9.99 Å². The first-order chi connectivity index (χ1) is 18.8. The van der Waals surface area contributed by atoms with E-state index in [1.165, 1.54) is 19.3 Å². The molecule has 11 heteroatoms. The van der Waals surface area contributed by atoms with E-state index in [1.807, 2.05) is 40.8 Å². The van der Waals surface area contributed by atoms with Crippen LogP contribution in [0, 0.1) is 40.7 Å². The third-order valence-corrected chi connectivity index (χ3v) is 7.81. The molecule has 2 aromatic carbocycles. The summed E-state index contributed by atoms with van der Waals surface area (Å²) in [6.45, 7) is 3.51. The number of nitrogens with one attached hydrogen (secondary N) is 1. The summed E-state index contributed by atoms with van der Waals surface area (Å²) in [5.74, 6) is 7.39. The maximum Gasteiger partial charge on any atom is 0.294 e. The van der Waals surface area contributed by atoms with Crippen molar-refractivity contribution in [2.24, 2.45) is 11.8 Å². The third kappa shape index (κ3) is 6.04. The molecule has 1 saturated heterocycles. The van der Waals surface area contributed by atoms with E-state index in [4.69, 9.17) is 28.2 Å². The molecule has 0 radical (unpaired) electrons. The third-order valence-electron chi connectivity index (χ3n) is 7.26. The van der Waals surface area contributed by atoms with Crippen LogP contribution in [-0.4, -0.2) is 45.3 Å². The Bertz CT molecular complexity index is 1450. The number of carbonyl (C=O) groups is 1. The van der Waals surface area contributed by atoms with Crippen molar-refractivity contribution in [2.75, 3.05) is 19.7 Å². The number of carbonyl (C=O) groups excluding carboxylic acids is 1. The Hall–Kier alpha value is -3.58. The smallest absolute Gasteiger partial charge is 0.294 e. The first kappa shape index (κ1) is 27.0. The van der Waals surface area contributed by atoms with Gasteiger partial charge in [-0.05, 0) is 74.1 Å². The van der Waals surface area contributed by atoms with Gasteiger partial charge in [0.2, 0.25) is 0 Å². The molecule has 0 bridgehead atoms. The highest BCUT2D eigenvalue weighted by Crippen LogP contribution is 2.37. The van der Waals surface area contributed by atoms with Gasteiger partial charge >= 0.3 is 0 Å². The Morgan fingerprint density at radius 3 is 2.56 bits per heavy atom. The van der Waals surface area contributed by atoms with Gasteiger partial charge in [-0.1, -0.05) is 41.5 Å². The van der Waals surface area contributed by atoms with E-state index in [2.05, 4.69) is 22.1 Å². The number of benzene rings is 2. The van der Waals surface area contributed by atoms with Crippen LogP contribution in [0.1, 0.15) is 47.4 Å². The Balaban J connectivity index is 1.44. The molecular formula is C28H27Cl2N5O4. The average Bonchev–Trinajstić information content (AvgIpc) is 3.58. The number of fused-ring (bicyclic) bond motifs is 1. The van der Waals surface area contributed by atoms with Crippen molar-refractivity contribution >= 4 is 29.1 Å². The van der Waals surface area contributed by atoms with Gasteiger partial charge in [0.05, 0.1) is 10.7 Å². The summed E-state index contributed by atoms with van der Waals surface area (Å²) in [6.07, 6.45) is 3.94. The van der Waals surface area contributed by atoms with Crippen molar-refractivity contribution in [3.05, 3.63) is 79.6 Å². The summed E-state index contributed by atoms with van der Waals surface area (Å²) in [4.78, 5) is 32.7. The minimum Gasteiger partial charge on any atom is -0.313 e. The van der Waals surface area contributed by atoms with Gasteiger partial charge in [-0.15, -0.1) is 10.1 Å². The number of hydrogen-bond acceptors (Lipinski definition) is 6. The lowest BCUT2D eigenvalue weighted by Crippen LogP contribution is -2.41. The molecule has 0 spiro atoms. The van der Waals surface area contributed by atoms with Gasteiger partial charge < -0.3 is 4.84 Å². The Kier molecular flexibility index (Phi) is 8.07. The van der Waals surface area contributed by atoms with E-state index >= 15 is 0 Å². The molecule has 202 valence electrons. The number of hydrogen-bond donors (Lipinski definition) is 1. The molecule has 2 unspecified atom stereocenters. The number of nitrogens with zero attached hydrogens (tertiary/aromatic N) is 4. The van der Waals surface area contributed by atoms with Crippen LogP contribution in [0.5, 0.6) is 0 Å². The molecule has 1 aromatic heterocycles. The lowest BCUT2D eigenvalue weighted by molar-refractivity contribution is -0.757. The van der Waals surface area contributed by atoms with E-state index in [9.17, 15) is 14.9 Å². The van der Waals surface area contributed by atoms with Crippen LogP contribution in [0.15, 0.2) is 42.5 Å². The highest BCUT2D eigenvalue weighted by molar-refractivity contribution is 6.36. The quantitative estimate of drug-likeness (QED) is 0.175. The molecular weight excluding hydrogens is 541 g/mol. The summed E-state index contributed by atoms with van der Waals surface area (Å²) in [5.41, 5.74) is 6.23. The molecule has 1 saturated carbocycles. The molecule has 1 N–H and O–H groups in total. The first-order valence-corrected chi connectivity index (χ1v) is 13.5. The zero-order valence-electron chi connectivity index (χ0n) is 21.3. The van der Waals surface area contributed by atoms with Crippen LogP contribution in [0.3, 0.4) is 0 Å². The molecule has 1 aliphatic heterocycles. The standard InChI is InChI=1S/C28H27Cl2N5O4/c1-18-26(28(36)32-33-16-20-6-4-7-21(20)17-33)31-27(24-13-10-22(29)15-25(24)30)34(18)23-11-8-19(9-12-23)5-2-3-14-39-35(37)38/h8-13,15,20-21H,3-4,6-7,14,16-17H2,1H3,(H,32,36). The van der Waals surface area contributed by atoms with E-state index in [0.717, 1.165) is 24.3 Å². The van der Waals surface area contributed by atoms with Crippen LogP contribution >= 0.6 is 23.2 Å². The fourth-order valence-electron chi connectivity index (χ4n) is 5.44. The molecule has 9 nitrogen and oxygen atoms in total. The Morgan fingerprint density at radius 1 is 1.18 bits per heavy atom. The first-order valence-electron chi connectivity index (χ1n) is 12.8. The molecule has 2 heterocycles. The van der Waals surface area contributed by atoms with Crippen molar-refractivity contribution in [3.63, 3.8) is 0 Å². The summed E-state index contributed by atoms with van der Waals surface area (Å²) in [7, 11) is 0. The average molecular weight is 568 g/mol. The van der Waals surface area contributed by atoms with E-state index < -0.39 is 5.09 Å². The summed E-state index contributed by atoms with van der Waals surface area (Å²) in [5, 5.41) is 12.4. The number of hydrazine groups is 1. The van der Waals surface area contributed by atoms with Crippen LogP contribution in [-0.2, 0) is 4.84 Å². The second-order valence-corrected chi connectivity index (χ2v) is 10.6. The predicted molar refractivity (Wildman–Crippen MR) is 148 cm³/mol. The monoisotopic (exact) mass is 567 g/mol. The highest BCUT2D eigenvalue weighted by atomic mass is 35.5. The van der Waals surface area contributed by atoms with Crippen molar-refractivity contribution < 1.29 is 14.7 Å². The van der Waals surface area contributed by atoms with Crippen LogP contribution in [0.2, 0.25) is 10.0 Å². The number of halogens is 2. The van der Waals surface area contributed by atoms with Gasteiger partial charge in [-0.2, -0.15) is 0 Å². The van der Waals surface area contributed by atoms with Crippen LogP contribution in [0.25, 0.3) is 17.1 Å². The van der Waals surface area contributed by atoms with E-state index in [0.29, 0.717) is 44.7 Å². The lowest BCUT2D eigenvalue weighted by atomic mass is 10.0. The maximum atomic E-state index is 13.4. The minimum absolute atomic E-state index is 0.0822. The summed E-state index contributed by atoms with van der Waals surface area (Å²) >= 11 is 12.7. The highest BCUT2D eigenvalue weighted by Gasteiger charge is 2.37. The molecule has 3 aromatic rings. The van der Waals surface area contributed by atoms with Gasteiger partial charge in [-0.3, -0.25) is 14.8 Å². The number of rotatable bonds is 7. The van der Waals surface area contributed by atoms with Crippen molar-refractivity contribution in [2.45, 2.75) is 32.6 Å². The van der Waals surface area contributed by atoms with E-state index in [-0.39, 0.29) is 18.9 Å². The molecule has 5 rings (SSSR count). The maximum absolute atomic E-state index is 13.4. The van der Waals surface area contributed by atoms with Crippen molar-refractivity contribution in [1.29, 1.82) is 0 Å². The van der Waals surface area contributed by atoms with Crippen molar-refractivity contribution in [1.82, 2.24) is 20.0 Å². The molecule has 2 fully saturated rings. The van der Waals surface area contributed by atoms with Crippen molar-refractivity contribution in [3.8, 4) is 28.9 Å². The van der Waals surface area contributed by atoms with Crippen LogP contribution in [0.4, 0.5) is 0 Å². The second kappa shape index (κ2) is 11.7. The van der Waals surface area contributed by atoms with E-state index in [1.54, 1.807) is 18.2 Å². The van der Waals surface area contributed by atoms with Crippen LogP contribution < -0.4 is 5.43 Å². The SMILES string of the molecule is Cc1c(C(=O)NN2CC3CCCC3C2)nc(-c2ccc(Cl)cc2Cl)n1-c1ccc(C#CCCO[N+](=O)[O-])cc1. The summed E-state index contributed by atoms with van der Waals surface area (Å²) < 4.78 is 1.89. The van der Waals surface area contributed by atoms with Gasteiger partial charge in [0, 0.05) is 41.3 Å². The molecule has 1 aliphatic carbocycles. The van der Waals surface area contributed by atoms with Gasteiger partial charge in [0.1, 0.15) is 12.4 Å². The molecule has 2 atom stereocenters. The number of aromatic nitrogens is 2. The predicted octanol–water partition coefficient (Wildman–Crippen LogP) is 5.48. The fraction of sp³-hybridized carbons (Fsp3) is 0.357. The topological polar surface area (TPSA) is 103 Å². The zero-order valence-corrected chi connectivity index (χ0v) is 22.8. The molecule has 39 heavy (non-hydrogen) atoms. The lowest BCUT2D eigenvalue weighted by Gasteiger charge is -2.17. The zero-order chi connectivity index (χ0) is 27.5. The Labute approximate surface area is 236 Å². The molecule has 2 aliphatic rings. The normalized spacial score (nSPS) is 18.3. The number of amides is 1. The largest absolute Gasteiger partial charge is 0.313 e. The fourth-order valence-corrected chi connectivity index (χ4v) is 5.93. The molecule has 1 amide bonds. The number of imidazole rings is 1. The summed E-state index contributed by atoms with van der Waals surface area (Å²) in [6, 6.07) is 12.6. The van der Waals surface area contributed by atoms with Gasteiger partial charge in [0.25, 0.3) is 11.0 Å². The minimum atomic E-state index is -0.834.